The van der Waals surface area contributed by atoms with E-state index in [0.717, 1.165) is 47.3 Å². The molecule has 4 bridgehead atoms. The highest BCUT2D eigenvalue weighted by Gasteiger charge is 2.56. The van der Waals surface area contributed by atoms with Crippen LogP contribution in [0.25, 0.3) is 0 Å². The van der Waals surface area contributed by atoms with Crippen LogP contribution in [0, 0.1) is 71.0 Å². The normalized spacial score (nSPS) is 53.4. The molecule has 0 aromatic carbocycles. The first-order chi connectivity index (χ1) is 13.7. The highest BCUT2D eigenvalue weighted by molar-refractivity contribution is 5.25. The van der Waals surface area contributed by atoms with Crippen LogP contribution in [0.3, 0.4) is 0 Å². The highest BCUT2D eigenvalue weighted by atomic mass is 14.6. The van der Waals surface area contributed by atoms with E-state index in [-0.39, 0.29) is 0 Å². The van der Waals surface area contributed by atoms with E-state index in [1.165, 1.54) is 25.7 Å². The van der Waals surface area contributed by atoms with Crippen LogP contribution < -0.4 is 0 Å². The summed E-state index contributed by atoms with van der Waals surface area (Å²) in [6.07, 6.45) is 24.0. The van der Waals surface area contributed by atoms with Gasteiger partial charge in [-0.25, -0.2) is 0 Å². The summed E-state index contributed by atoms with van der Waals surface area (Å²) in [6, 6.07) is 0. The molecule has 8 unspecified atom stereocenters. The summed E-state index contributed by atoms with van der Waals surface area (Å²) in [5, 5.41) is 0. The molecular formula is C28H36. The van der Waals surface area contributed by atoms with Gasteiger partial charge in [-0.1, -0.05) is 48.6 Å². The molecule has 0 heteroatoms. The SMILES string of the molecule is C1=CC2CC1C1C3C=CC(C3)C21.C=CC1CC(C=C)C2C(C=C)CC(C=C)C12. The van der Waals surface area contributed by atoms with Crippen molar-refractivity contribution in [1.82, 2.24) is 0 Å². The van der Waals surface area contributed by atoms with Gasteiger partial charge in [0.1, 0.15) is 0 Å². The molecule has 8 atom stereocenters. The molecule has 0 saturated heterocycles. The van der Waals surface area contributed by atoms with E-state index < -0.39 is 0 Å². The maximum atomic E-state index is 4.00. The van der Waals surface area contributed by atoms with Crippen LogP contribution in [-0.4, -0.2) is 0 Å². The van der Waals surface area contributed by atoms with Gasteiger partial charge in [0.05, 0.1) is 0 Å². The fraction of sp³-hybridized carbons (Fsp3) is 0.571. The Balaban J connectivity index is 0.000000126. The van der Waals surface area contributed by atoms with Gasteiger partial charge in [0.2, 0.25) is 0 Å². The molecule has 4 fully saturated rings. The standard InChI is InChI=1S/C16H22.C12H14/c1-5-11-9-12(6-2)16-14(8-4)10-13(7-3)15(11)16;1-2-8-5-7(1)11-9-3-4-10(6-9)12(8)11/h5-8,11-16H,1-4,9-10H2;1-4,7-12H,5-6H2. The molecular weight excluding hydrogens is 336 g/mol. The van der Waals surface area contributed by atoms with Crippen molar-refractivity contribution < 1.29 is 0 Å². The quantitative estimate of drug-likeness (QED) is 0.373. The number of fused-ring (bicyclic) bond motifs is 10. The van der Waals surface area contributed by atoms with Crippen LogP contribution in [0.4, 0.5) is 0 Å². The summed E-state index contributed by atoms with van der Waals surface area (Å²) in [5.74, 6) is 10.0. The van der Waals surface area contributed by atoms with Gasteiger partial charge in [-0.3, -0.25) is 0 Å². The minimum absolute atomic E-state index is 0.640. The average molecular weight is 373 g/mol. The zero-order valence-electron chi connectivity index (χ0n) is 17.2. The fourth-order valence-corrected chi connectivity index (χ4v) is 8.48. The molecule has 6 rings (SSSR count). The van der Waals surface area contributed by atoms with E-state index in [1.807, 2.05) is 0 Å². The second-order valence-corrected chi connectivity index (χ2v) is 10.3. The summed E-state index contributed by atoms with van der Waals surface area (Å²) in [6.45, 7) is 16.0. The summed E-state index contributed by atoms with van der Waals surface area (Å²) in [4.78, 5) is 0. The summed E-state index contributed by atoms with van der Waals surface area (Å²) >= 11 is 0. The Hall–Kier alpha value is -1.56. The van der Waals surface area contributed by atoms with E-state index in [1.54, 1.807) is 0 Å². The molecule has 0 amide bonds. The van der Waals surface area contributed by atoms with Crippen LogP contribution in [0.5, 0.6) is 0 Å². The van der Waals surface area contributed by atoms with Gasteiger partial charge in [-0.2, -0.15) is 0 Å². The van der Waals surface area contributed by atoms with Crippen molar-refractivity contribution >= 4 is 0 Å². The minimum Gasteiger partial charge on any atom is -0.103 e. The first kappa shape index (κ1) is 18.5. The van der Waals surface area contributed by atoms with Crippen LogP contribution in [0.1, 0.15) is 25.7 Å². The van der Waals surface area contributed by atoms with Gasteiger partial charge in [0.25, 0.3) is 0 Å². The van der Waals surface area contributed by atoms with Crippen molar-refractivity contribution in [2.75, 3.05) is 0 Å². The lowest BCUT2D eigenvalue weighted by atomic mass is 9.76. The maximum Gasteiger partial charge on any atom is -0.0191 e. The minimum atomic E-state index is 0.640. The molecule has 6 aliphatic carbocycles. The van der Waals surface area contributed by atoms with Crippen molar-refractivity contribution in [3.63, 3.8) is 0 Å². The van der Waals surface area contributed by atoms with Gasteiger partial charge >= 0.3 is 0 Å². The topological polar surface area (TPSA) is 0 Å². The van der Waals surface area contributed by atoms with Crippen molar-refractivity contribution in [2.45, 2.75) is 25.7 Å². The largest absolute Gasteiger partial charge is 0.103 e. The lowest BCUT2D eigenvalue weighted by molar-refractivity contribution is 0.290. The van der Waals surface area contributed by atoms with Crippen LogP contribution in [0.15, 0.2) is 74.9 Å². The summed E-state index contributed by atoms with van der Waals surface area (Å²) < 4.78 is 0. The smallest absolute Gasteiger partial charge is 0.0191 e. The van der Waals surface area contributed by atoms with Gasteiger partial charge in [0.15, 0.2) is 0 Å². The number of allylic oxidation sites excluding steroid dienone is 8. The summed E-state index contributed by atoms with van der Waals surface area (Å²) in [7, 11) is 0. The molecule has 0 aliphatic heterocycles. The van der Waals surface area contributed by atoms with Crippen molar-refractivity contribution in [3.05, 3.63) is 74.9 Å². The second kappa shape index (κ2) is 7.05. The highest BCUT2D eigenvalue weighted by Crippen LogP contribution is 2.63. The predicted octanol–water partition coefficient (Wildman–Crippen LogP) is 6.87. The number of hydrogen-bond donors (Lipinski definition) is 0. The molecule has 6 aliphatic rings. The van der Waals surface area contributed by atoms with Crippen molar-refractivity contribution in [1.29, 1.82) is 0 Å². The average Bonchev–Trinajstić information content (AvgIpc) is 3.54. The monoisotopic (exact) mass is 372 g/mol. The van der Waals surface area contributed by atoms with E-state index in [4.69, 9.17) is 0 Å². The lowest BCUT2D eigenvalue weighted by Gasteiger charge is -2.28. The molecule has 0 aromatic rings. The van der Waals surface area contributed by atoms with Crippen molar-refractivity contribution in [2.24, 2.45) is 71.0 Å². The van der Waals surface area contributed by atoms with Gasteiger partial charge in [0, 0.05) is 0 Å². The fourth-order valence-electron chi connectivity index (χ4n) is 8.48. The summed E-state index contributed by atoms with van der Waals surface area (Å²) in [5.41, 5.74) is 0. The first-order valence-electron chi connectivity index (χ1n) is 11.6. The molecule has 0 nitrogen and oxygen atoms in total. The Morgan fingerprint density at radius 1 is 0.429 bits per heavy atom. The molecule has 0 spiro atoms. The van der Waals surface area contributed by atoms with E-state index in [0.29, 0.717) is 23.7 Å². The first-order valence-corrected chi connectivity index (χ1v) is 11.6. The molecule has 28 heavy (non-hydrogen) atoms. The van der Waals surface area contributed by atoms with Gasteiger partial charge in [-0.05, 0) is 96.7 Å². The third-order valence-electron chi connectivity index (χ3n) is 9.44. The van der Waals surface area contributed by atoms with Crippen LogP contribution in [0.2, 0.25) is 0 Å². The zero-order chi connectivity index (χ0) is 19.4. The molecule has 0 heterocycles. The molecule has 4 saturated carbocycles. The van der Waals surface area contributed by atoms with Crippen LogP contribution >= 0.6 is 0 Å². The third kappa shape index (κ3) is 2.56. The Bertz CT molecular complexity index is 608. The zero-order valence-corrected chi connectivity index (χ0v) is 17.2. The van der Waals surface area contributed by atoms with Crippen molar-refractivity contribution in [3.8, 4) is 0 Å². The molecule has 0 radical (unpaired) electrons. The van der Waals surface area contributed by atoms with Gasteiger partial charge < -0.3 is 0 Å². The number of rotatable bonds is 4. The van der Waals surface area contributed by atoms with Crippen LogP contribution in [-0.2, 0) is 0 Å². The third-order valence-corrected chi connectivity index (χ3v) is 9.44. The van der Waals surface area contributed by atoms with E-state index in [9.17, 15) is 0 Å². The Morgan fingerprint density at radius 2 is 0.714 bits per heavy atom. The van der Waals surface area contributed by atoms with E-state index >= 15 is 0 Å². The Kier molecular flexibility index (Phi) is 4.65. The second-order valence-electron chi connectivity index (χ2n) is 10.3. The predicted molar refractivity (Wildman–Crippen MR) is 119 cm³/mol. The Morgan fingerprint density at radius 3 is 0.964 bits per heavy atom. The molecule has 0 aromatic heterocycles. The Labute approximate surface area is 171 Å². The van der Waals surface area contributed by atoms with Gasteiger partial charge in [-0.15, -0.1) is 26.3 Å². The molecule has 148 valence electrons. The number of hydrogen-bond acceptors (Lipinski definition) is 0. The van der Waals surface area contributed by atoms with E-state index in [2.05, 4.69) is 74.9 Å². The molecule has 0 N–H and O–H groups in total. The lowest BCUT2D eigenvalue weighted by Crippen LogP contribution is -2.23. The maximum absolute atomic E-state index is 4.00.